The highest BCUT2D eigenvalue weighted by Gasteiger charge is 2.32. The van der Waals surface area contributed by atoms with Crippen molar-refractivity contribution in [3.05, 3.63) is 29.8 Å². The summed E-state index contributed by atoms with van der Waals surface area (Å²) in [7, 11) is -3.07. The van der Waals surface area contributed by atoms with Gasteiger partial charge in [-0.25, -0.2) is 13.8 Å². The molecule has 1 aliphatic rings. The van der Waals surface area contributed by atoms with Crippen LogP contribution in [0.5, 0.6) is 5.75 Å². The molecule has 1 aliphatic heterocycles. The Morgan fingerprint density at radius 1 is 1.35 bits per heavy atom. The first-order chi connectivity index (χ1) is 10.9. The monoisotopic (exact) mass is 338 g/mol. The summed E-state index contributed by atoms with van der Waals surface area (Å²) in [5, 5.41) is 4.06. The number of carbonyl (C=O) groups is 1. The molecule has 1 atom stereocenters. The molecule has 1 heterocycles. The number of hydrazone groups is 1. The Bertz CT molecular complexity index is 681. The Morgan fingerprint density at radius 2 is 2.04 bits per heavy atom. The number of ether oxygens (including phenoxy) is 1. The van der Waals surface area contributed by atoms with Crippen molar-refractivity contribution in [3.8, 4) is 5.75 Å². The maximum atomic E-state index is 11.9. The van der Waals surface area contributed by atoms with Crippen molar-refractivity contribution in [2.45, 2.75) is 26.7 Å². The maximum Gasteiger partial charge on any atom is 0.244 e. The number of rotatable bonds is 6. The summed E-state index contributed by atoms with van der Waals surface area (Å²) < 4.78 is 28.3. The van der Waals surface area contributed by atoms with Crippen LogP contribution in [0.3, 0.4) is 0 Å². The van der Waals surface area contributed by atoms with E-state index in [1.807, 2.05) is 31.2 Å². The van der Waals surface area contributed by atoms with E-state index in [0.717, 1.165) is 17.7 Å². The molecule has 1 saturated heterocycles. The van der Waals surface area contributed by atoms with Crippen LogP contribution in [0.4, 0.5) is 0 Å². The van der Waals surface area contributed by atoms with Crippen molar-refractivity contribution in [1.29, 1.82) is 0 Å². The predicted molar refractivity (Wildman–Crippen MR) is 89.3 cm³/mol. The smallest absolute Gasteiger partial charge is 0.244 e. The number of nitrogens with one attached hydrogen (secondary N) is 1. The number of hydrogen-bond acceptors (Lipinski definition) is 5. The first-order valence-electron chi connectivity index (χ1n) is 7.69. The SMILES string of the molecule is CCCOc1ccc(/C(C)=N\NC(=O)[C@H]2CCS(=O)(=O)C2)cc1. The second kappa shape index (κ2) is 7.59. The van der Waals surface area contributed by atoms with E-state index < -0.39 is 15.8 Å². The fraction of sp³-hybridized carbons (Fsp3) is 0.500. The highest BCUT2D eigenvalue weighted by molar-refractivity contribution is 7.91. The van der Waals surface area contributed by atoms with Gasteiger partial charge in [-0.05, 0) is 49.6 Å². The van der Waals surface area contributed by atoms with Gasteiger partial charge in [0.05, 0.1) is 29.7 Å². The van der Waals surface area contributed by atoms with Gasteiger partial charge in [-0.2, -0.15) is 5.10 Å². The third-order valence-electron chi connectivity index (χ3n) is 3.68. The highest BCUT2D eigenvalue weighted by Crippen LogP contribution is 2.18. The zero-order valence-electron chi connectivity index (χ0n) is 13.4. The van der Waals surface area contributed by atoms with Crippen molar-refractivity contribution in [2.75, 3.05) is 18.1 Å². The predicted octanol–water partition coefficient (Wildman–Crippen LogP) is 1.75. The van der Waals surface area contributed by atoms with Gasteiger partial charge in [-0.3, -0.25) is 4.79 Å². The van der Waals surface area contributed by atoms with Gasteiger partial charge in [0, 0.05) is 0 Å². The van der Waals surface area contributed by atoms with Gasteiger partial charge in [0.1, 0.15) is 5.75 Å². The van der Waals surface area contributed by atoms with Crippen molar-refractivity contribution in [1.82, 2.24) is 5.43 Å². The molecule has 0 bridgehead atoms. The molecule has 0 spiro atoms. The van der Waals surface area contributed by atoms with Gasteiger partial charge in [-0.15, -0.1) is 0 Å². The Labute approximate surface area is 136 Å². The van der Waals surface area contributed by atoms with Crippen molar-refractivity contribution in [2.24, 2.45) is 11.0 Å². The fourth-order valence-electron chi connectivity index (χ4n) is 2.31. The summed E-state index contributed by atoms with van der Waals surface area (Å²) in [5.74, 6) is -0.0533. The van der Waals surface area contributed by atoms with Crippen LogP contribution in [0.15, 0.2) is 29.4 Å². The minimum atomic E-state index is -3.07. The molecule has 1 N–H and O–H groups in total. The molecule has 1 aromatic rings. The van der Waals surface area contributed by atoms with E-state index in [9.17, 15) is 13.2 Å². The molecule has 1 amide bonds. The van der Waals surface area contributed by atoms with Crippen molar-refractivity contribution < 1.29 is 17.9 Å². The van der Waals surface area contributed by atoms with E-state index in [2.05, 4.69) is 10.5 Å². The average molecular weight is 338 g/mol. The summed E-state index contributed by atoms with van der Waals surface area (Å²) in [6.07, 6.45) is 1.32. The third kappa shape index (κ3) is 5.06. The van der Waals surface area contributed by atoms with E-state index in [-0.39, 0.29) is 17.4 Å². The molecule has 23 heavy (non-hydrogen) atoms. The summed E-state index contributed by atoms with van der Waals surface area (Å²) in [5.41, 5.74) is 3.99. The molecular weight excluding hydrogens is 316 g/mol. The molecule has 2 rings (SSSR count). The third-order valence-corrected chi connectivity index (χ3v) is 5.45. The van der Waals surface area contributed by atoms with Crippen LogP contribution in [0, 0.1) is 5.92 Å². The van der Waals surface area contributed by atoms with E-state index in [4.69, 9.17) is 4.74 Å². The van der Waals surface area contributed by atoms with Crippen LogP contribution in [0.2, 0.25) is 0 Å². The summed E-state index contributed by atoms with van der Waals surface area (Å²) in [6.45, 7) is 4.50. The second-order valence-corrected chi connectivity index (χ2v) is 7.87. The zero-order chi connectivity index (χ0) is 16.9. The lowest BCUT2D eigenvalue weighted by molar-refractivity contribution is -0.124. The highest BCUT2D eigenvalue weighted by atomic mass is 32.2. The summed E-state index contributed by atoms with van der Waals surface area (Å²) in [4.78, 5) is 11.9. The first kappa shape index (κ1) is 17.5. The molecule has 6 nitrogen and oxygen atoms in total. The fourth-order valence-corrected chi connectivity index (χ4v) is 4.05. The first-order valence-corrected chi connectivity index (χ1v) is 9.51. The molecule has 0 radical (unpaired) electrons. The number of nitrogens with zero attached hydrogens (tertiary/aromatic N) is 1. The molecular formula is C16H22N2O4S. The topological polar surface area (TPSA) is 84.8 Å². The maximum absolute atomic E-state index is 11.9. The van der Waals surface area contributed by atoms with Gasteiger partial charge in [-0.1, -0.05) is 6.92 Å². The van der Waals surface area contributed by atoms with Crippen LogP contribution in [0.25, 0.3) is 0 Å². The van der Waals surface area contributed by atoms with Crippen LogP contribution in [-0.2, 0) is 14.6 Å². The number of benzene rings is 1. The molecule has 0 unspecified atom stereocenters. The van der Waals surface area contributed by atoms with Gasteiger partial charge in [0.15, 0.2) is 9.84 Å². The van der Waals surface area contributed by atoms with Gasteiger partial charge in [0.2, 0.25) is 5.91 Å². The second-order valence-electron chi connectivity index (χ2n) is 5.65. The number of carbonyl (C=O) groups excluding carboxylic acids is 1. The van der Waals surface area contributed by atoms with E-state index >= 15 is 0 Å². The minimum Gasteiger partial charge on any atom is -0.494 e. The molecule has 126 valence electrons. The normalized spacial score (nSPS) is 20.3. The number of sulfone groups is 1. The number of hydrogen-bond donors (Lipinski definition) is 1. The van der Waals surface area contributed by atoms with Gasteiger partial charge < -0.3 is 4.74 Å². The molecule has 7 heteroatoms. The number of amides is 1. The molecule has 1 aromatic carbocycles. The molecule has 1 fully saturated rings. The van der Waals surface area contributed by atoms with E-state index in [1.54, 1.807) is 6.92 Å². The Kier molecular flexibility index (Phi) is 5.76. The van der Waals surface area contributed by atoms with Gasteiger partial charge in [0.25, 0.3) is 0 Å². The van der Waals surface area contributed by atoms with Crippen LogP contribution in [0.1, 0.15) is 32.3 Å². The van der Waals surface area contributed by atoms with Crippen molar-refractivity contribution in [3.63, 3.8) is 0 Å². The van der Waals surface area contributed by atoms with E-state index in [0.29, 0.717) is 18.7 Å². The lowest BCUT2D eigenvalue weighted by atomic mass is 10.1. The Hall–Kier alpha value is -1.89. The summed E-state index contributed by atoms with van der Waals surface area (Å²) in [6, 6.07) is 7.46. The quantitative estimate of drug-likeness (QED) is 0.632. The minimum absolute atomic E-state index is 0.0764. The lowest BCUT2D eigenvalue weighted by Crippen LogP contribution is -2.28. The van der Waals surface area contributed by atoms with Gasteiger partial charge >= 0.3 is 0 Å². The Morgan fingerprint density at radius 3 is 2.61 bits per heavy atom. The average Bonchev–Trinajstić information content (AvgIpc) is 2.91. The van der Waals surface area contributed by atoms with Crippen LogP contribution in [-0.4, -0.2) is 38.1 Å². The van der Waals surface area contributed by atoms with Crippen LogP contribution < -0.4 is 10.2 Å². The zero-order valence-corrected chi connectivity index (χ0v) is 14.2. The molecule has 0 aromatic heterocycles. The standard InChI is InChI=1S/C16H22N2O4S/c1-3-9-22-15-6-4-13(5-7-15)12(2)17-18-16(19)14-8-10-23(20,21)11-14/h4-7,14H,3,8-11H2,1-2H3,(H,18,19)/b17-12-/t14-/m0/s1. The van der Waals surface area contributed by atoms with E-state index in [1.165, 1.54) is 0 Å². The van der Waals surface area contributed by atoms with Crippen LogP contribution >= 0.6 is 0 Å². The summed E-state index contributed by atoms with van der Waals surface area (Å²) >= 11 is 0. The Balaban J connectivity index is 1.93. The molecule has 0 saturated carbocycles. The lowest BCUT2D eigenvalue weighted by Gasteiger charge is -2.08. The van der Waals surface area contributed by atoms with Crippen molar-refractivity contribution >= 4 is 21.5 Å². The largest absolute Gasteiger partial charge is 0.494 e. The molecule has 0 aliphatic carbocycles.